The van der Waals surface area contributed by atoms with Crippen LogP contribution in [0.1, 0.15) is 46.0 Å². The largest absolute Gasteiger partial charge is 0.316 e. The van der Waals surface area contributed by atoms with E-state index in [-0.39, 0.29) is 0 Å². The Morgan fingerprint density at radius 3 is 2.80 bits per heavy atom. The Labute approximate surface area is 94.6 Å². The zero-order valence-electron chi connectivity index (χ0n) is 10.3. The molecule has 86 valence electrons. The minimum absolute atomic E-state index is 0.843. The van der Waals surface area contributed by atoms with Crippen LogP contribution in [0.4, 0.5) is 0 Å². The molecule has 0 aromatic rings. The molecular formula is C14H25N. The smallest absolute Gasteiger partial charge is 0.000847 e. The van der Waals surface area contributed by atoms with Gasteiger partial charge < -0.3 is 5.32 Å². The lowest BCUT2D eigenvalue weighted by Crippen LogP contribution is -2.17. The minimum atomic E-state index is 0.843. The first-order valence-electron chi connectivity index (χ1n) is 6.35. The van der Waals surface area contributed by atoms with Crippen LogP contribution >= 0.6 is 0 Å². The van der Waals surface area contributed by atoms with Crippen LogP contribution in [0.3, 0.4) is 0 Å². The maximum absolute atomic E-state index is 3.51. The summed E-state index contributed by atoms with van der Waals surface area (Å²) in [6.45, 7) is 6.89. The zero-order chi connectivity index (χ0) is 10.9. The molecular weight excluding hydrogens is 182 g/mol. The second-order valence-corrected chi connectivity index (χ2v) is 4.79. The summed E-state index contributed by atoms with van der Waals surface area (Å²) in [6, 6.07) is 0. The minimum Gasteiger partial charge on any atom is -0.316 e. The normalized spacial score (nSPS) is 15.8. The highest BCUT2D eigenvalue weighted by Gasteiger charge is 1.97. The van der Waals surface area contributed by atoms with Crippen molar-refractivity contribution in [2.75, 3.05) is 13.1 Å². The molecule has 0 unspecified atom stereocenters. The van der Waals surface area contributed by atoms with Gasteiger partial charge in [0.1, 0.15) is 0 Å². The third kappa shape index (κ3) is 6.51. The van der Waals surface area contributed by atoms with E-state index in [9.17, 15) is 0 Å². The summed E-state index contributed by atoms with van der Waals surface area (Å²) in [5.41, 5.74) is 1.51. The van der Waals surface area contributed by atoms with Crippen molar-refractivity contribution in [1.29, 1.82) is 0 Å². The average Bonchev–Trinajstić information content (AvgIpc) is 2.24. The molecule has 0 fully saturated rings. The van der Waals surface area contributed by atoms with Crippen LogP contribution in [0, 0.1) is 5.92 Å². The van der Waals surface area contributed by atoms with E-state index in [0.29, 0.717) is 0 Å². The molecule has 1 aliphatic rings. The average molecular weight is 207 g/mol. The fourth-order valence-corrected chi connectivity index (χ4v) is 1.85. The second kappa shape index (κ2) is 7.70. The van der Waals surface area contributed by atoms with Crippen LogP contribution < -0.4 is 5.32 Å². The number of allylic oxidation sites excluding steroid dienone is 3. The van der Waals surface area contributed by atoms with Gasteiger partial charge in [0.15, 0.2) is 0 Å². The first-order valence-corrected chi connectivity index (χ1v) is 6.35. The van der Waals surface area contributed by atoms with E-state index in [1.54, 1.807) is 0 Å². The van der Waals surface area contributed by atoms with Gasteiger partial charge in [0, 0.05) is 0 Å². The van der Waals surface area contributed by atoms with Crippen molar-refractivity contribution in [2.24, 2.45) is 5.92 Å². The van der Waals surface area contributed by atoms with Crippen molar-refractivity contribution in [3.8, 4) is 0 Å². The molecule has 0 saturated heterocycles. The van der Waals surface area contributed by atoms with Gasteiger partial charge in [-0.1, -0.05) is 37.6 Å². The lowest BCUT2D eigenvalue weighted by atomic mass is 10.0. The number of hydrogen-bond donors (Lipinski definition) is 1. The summed E-state index contributed by atoms with van der Waals surface area (Å²) in [7, 11) is 0. The summed E-state index contributed by atoms with van der Waals surface area (Å²) in [5.74, 6) is 0.843. The molecule has 0 atom stereocenters. The molecule has 1 heteroatoms. The van der Waals surface area contributed by atoms with E-state index in [4.69, 9.17) is 0 Å². The Hall–Kier alpha value is -0.560. The monoisotopic (exact) mass is 207 g/mol. The maximum Gasteiger partial charge on any atom is -0.000847 e. The molecule has 0 saturated carbocycles. The van der Waals surface area contributed by atoms with Gasteiger partial charge in [0.2, 0.25) is 0 Å². The lowest BCUT2D eigenvalue weighted by Gasteiger charge is -2.08. The van der Waals surface area contributed by atoms with E-state index >= 15 is 0 Å². The molecule has 1 rings (SSSR count). The highest BCUT2D eigenvalue weighted by Crippen LogP contribution is 2.12. The lowest BCUT2D eigenvalue weighted by molar-refractivity contribution is 0.528. The quantitative estimate of drug-likeness (QED) is 0.628. The third-order valence-corrected chi connectivity index (χ3v) is 2.80. The van der Waals surface area contributed by atoms with Crippen LogP contribution in [-0.2, 0) is 0 Å². The summed E-state index contributed by atoms with van der Waals surface area (Å²) >= 11 is 0. The van der Waals surface area contributed by atoms with E-state index in [2.05, 4.69) is 37.4 Å². The Morgan fingerprint density at radius 2 is 2.13 bits per heavy atom. The molecule has 0 aromatic carbocycles. The second-order valence-electron chi connectivity index (χ2n) is 4.79. The summed E-state index contributed by atoms with van der Waals surface area (Å²) < 4.78 is 0. The van der Waals surface area contributed by atoms with Crippen molar-refractivity contribution < 1.29 is 0 Å². The van der Waals surface area contributed by atoms with Gasteiger partial charge in [-0.25, -0.2) is 0 Å². The van der Waals surface area contributed by atoms with Gasteiger partial charge >= 0.3 is 0 Å². The van der Waals surface area contributed by atoms with Crippen molar-refractivity contribution in [2.45, 2.75) is 46.0 Å². The first kappa shape index (κ1) is 12.5. The topological polar surface area (TPSA) is 12.0 Å². The van der Waals surface area contributed by atoms with Crippen LogP contribution in [0.15, 0.2) is 23.8 Å². The Balaban J connectivity index is 1.93. The summed E-state index contributed by atoms with van der Waals surface area (Å²) in [6.07, 6.45) is 13.2. The van der Waals surface area contributed by atoms with E-state index in [1.807, 2.05) is 0 Å². The van der Waals surface area contributed by atoms with Crippen molar-refractivity contribution in [3.05, 3.63) is 23.8 Å². The zero-order valence-corrected chi connectivity index (χ0v) is 10.3. The van der Waals surface area contributed by atoms with E-state index in [0.717, 1.165) is 12.5 Å². The molecule has 0 spiro atoms. The van der Waals surface area contributed by atoms with Crippen molar-refractivity contribution in [3.63, 3.8) is 0 Å². The van der Waals surface area contributed by atoms with E-state index < -0.39 is 0 Å². The van der Waals surface area contributed by atoms with Gasteiger partial charge in [-0.15, -0.1) is 0 Å². The molecule has 0 bridgehead atoms. The van der Waals surface area contributed by atoms with Crippen LogP contribution in [0.2, 0.25) is 0 Å². The molecule has 0 aliphatic heterocycles. The Kier molecular flexibility index (Phi) is 6.42. The molecule has 1 nitrogen and oxygen atoms in total. The highest BCUT2D eigenvalue weighted by atomic mass is 14.8. The molecule has 1 aliphatic carbocycles. The third-order valence-electron chi connectivity index (χ3n) is 2.80. The van der Waals surface area contributed by atoms with Crippen LogP contribution in [0.25, 0.3) is 0 Å². The summed E-state index contributed by atoms with van der Waals surface area (Å²) in [4.78, 5) is 0. The first-order chi connectivity index (χ1) is 7.29. The predicted molar refractivity (Wildman–Crippen MR) is 68.0 cm³/mol. The van der Waals surface area contributed by atoms with E-state index in [1.165, 1.54) is 44.2 Å². The molecule has 0 heterocycles. The Morgan fingerprint density at radius 1 is 1.27 bits per heavy atom. The van der Waals surface area contributed by atoms with Crippen LogP contribution in [-0.4, -0.2) is 13.1 Å². The summed E-state index contributed by atoms with van der Waals surface area (Å²) in [5, 5.41) is 3.51. The van der Waals surface area contributed by atoms with Crippen molar-refractivity contribution >= 4 is 0 Å². The fraction of sp³-hybridized carbons (Fsp3) is 0.714. The molecule has 0 aromatic heterocycles. The fourth-order valence-electron chi connectivity index (χ4n) is 1.85. The van der Waals surface area contributed by atoms with Gasteiger partial charge in [-0.2, -0.15) is 0 Å². The number of rotatable bonds is 7. The van der Waals surface area contributed by atoms with Crippen LogP contribution in [0.5, 0.6) is 0 Å². The Bertz CT molecular complexity index is 213. The SMILES string of the molecule is CC(C)CCCNCCC1=CCCC=C1. The highest BCUT2D eigenvalue weighted by molar-refractivity contribution is 5.22. The molecule has 0 radical (unpaired) electrons. The van der Waals surface area contributed by atoms with Gasteiger partial charge in [-0.3, -0.25) is 0 Å². The maximum atomic E-state index is 3.51. The number of nitrogens with one attached hydrogen (secondary N) is 1. The van der Waals surface area contributed by atoms with Gasteiger partial charge in [-0.05, 0) is 51.1 Å². The molecule has 0 amide bonds. The van der Waals surface area contributed by atoms with Gasteiger partial charge in [0.25, 0.3) is 0 Å². The molecule has 1 N–H and O–H groups in total. The van der Waals surface area contributed by atoms with Crippen molar-refractivity contribution in [1.82, 2.24) is 5.32 Å². The van der Waals surface area contributed by atoms with Gasteiger partial charge in [0.05, 0.1) is 0 Å². The predicted octanol–water partition coefficient (Wildman–Crippen LogP) is 3.68. The standard InChI is InChI=1S/C14H25N/c1-13(2)7-6-11-15-12-10-14-8-4-3-5-9-14/h4,8-9,13,15H,3,5-7,10-12H2,1-2H3. The molecule has 15 heavy (non-hydrogen) atoms. The number of hydrogen-bond acceptors (Lipinski definition) is 1.